The number of alkyl halides is 3. The highest BCUT2D eigenvalue weighted by molar-refractivity contribution is 5.96. The minimum absolute atomic E-state index is 0.0237. The van der Waals surface area contributed by atoms with Gasteiger partial charge in [-0.1, -0.05) is 13.8 Å². The van der Waals surface area contributed by atoms with Crippen LogP contribution in [0.15, 0.2) is 30.3 Å². The molecule has 34 heavy (non-hydrogen) atoms. The van der Waals surface area contributed by atoms with Crippen LogP contribution >= 0.6 is 0 Å². The van der Waals surface area contributed by atoms with Crippen molar-refractivity contribution in [2.45, 2.75) is 26.4 Å². The van der Waals surface area contributed by atoms with Crippen molar-refractivity contribution >= 4 is 17.8 Å². The zero-order valence-electron chi connectivity index (χ0n) is 18.7. The number of aromatic nitrogens is 2. The molecule has 2 amide bonds. The fourth-order valence-electron chi connectivity index (χ4n) is 3.38. The summed E-state index contributed by atoms with van der Waals surface area (Å²) in [6.07, 6.45) is -4.67. The normalized spacial score (nSPS) is 14.3. The van der Waals surface area contributed by atoms with E-state index in [4.69, 9.17) is 4.74 Å². The van der Waals surface area contributed by atoms with Crippen molar-refractivity contribution in [1.29, 1.82) is 0 Å². The highest BCUT2D eigenvalue weighted by Gasteiger charge is 2.37. The average molecular weight is 483 g/mol. The SMILES string of the molecule is CC(C)CCNC(=O)Oc1ccc(N2CCN(C(=O)c3ccc(F)cc3C(F)(F)F)CC2)nn1. The van der Waals surface area contributed by atoms with Crippen LogP contribution in [0.2, 0.25) is 0 Å². The summed E-state index contributed by atoms with van der Waals surface area (Å²) in [6, 6.07) is 5.10. The first kappa shape index (κ1) is 25.2. The molecule has 0 saturated carbocycles. The molecule has 0 bridgehead atoms. The highest BCUT2D eigenvalue weighted by atomic mass is 19.4. The van der Waals surface area contributed by atoms with Crippen molar-refractivity contribution in [3.05, 3.63) is 47.3 Å². The Morgan fingerprint density at radius 2 is 1.79 bits per heavy atom. The molecule has 12 heteroatoms. The molecule has 1 aromatic carbocycles. The number of anilines is 1. The highest BCUT2D eigenvalue weighted by Crippen LogP contribution is 2.33. The maximum absolute atomic E-state index is 13.3. The van der Waals surface area contributed by atoms with Gasteiger partial charge >= 0.3 is 12.3 Å². The van der Waals surface area contributed by atoms with Gasteiger partial charge in [0.25, 0.3) is 5.91 Å². The molecule has 0 spiro atoms. The van der Waals surface area contributed by atoms with E-state index in [1.807, 2.05) is 13.8 Å². The topological polar surface area (TPSA) is 87.7 Å². The smallest absolute Gasteiger partial charge is 0.390 e. The Morgan fingerprint density at radius 3 is 2.38 bits per heavy atom. The summed E-state index contributed by atoms with van der Waals surface area (Å²) in [5.74, 6) is -0.941. The maximum Gasteiger partial charge on any atom is 0.417 e. The minimum Gasteiger partial charge on any atom is -0.390 e. The van der Waals surface area contributed by atoms with E-state index in [9.17, 15) is 27.2 Å². The van der Waals surface area contributed by atoms with Gasteiger partial charge in [-0.3, -0.25) is 4.79 Å². The molecule has 0 atom stereocenters. The number of hydrogen-bond acceptors (Lipinski definition) is 6. The summed E-state index contributed by atoms with van der Waals surface area (Å²) >= 11 is 0. The van der Waals surface area contributed by atoms with E-state index in [2.05, 4.69) is 15.5 Å². The third-order valence-corrected chi connectivity index (χ3v) is 5.22. The molecule has 1 saturated heterocycles. The van der Waals surface area contributed by atoms with Gasteiger partial charge < -0.3 is 19.9 Å². The Kier molecular flexibility index (Phi) is 7.90. The van der Waals surface area contributed by atoms with Crippen LogP contribution < -0.4 is 15.0 Å². The lowest BCUT2D eigenvalue weighted by molar-refractivity contribution is -0.138. The molecule has 1 aromatic heterocycles. The van der Waals surface area contributed by atoms with E-state index in [0.29, 0.717) is 37.4 Å². The van der Waals surface area contributed by atoms with Gasteiger partial charge in [-0.2, -0.15) is 13.2 Å². The van der Waals surface area contributed by atoms with Gasteiger partial charge in [-0.05, 0) is 36.6 Å². The Hall–Kier alpha value is -3.44. The van der Waals surface area contributed by atoms with Gasteiger partial charge in [0.15, 0.2) is 5.82 Å². The predicted molar refractivity (Wildman–Crippen MR) is 115 cm³/mol. The van der Waals surface area contributed by atoms with E-state index < -0.39 is 35.1 Å². The maximum atomic E-state index is 13.3. The first-order chi connectivity index (χ1) is 16.0. The van der Waals surface area contributed by atoms with Crippen molar-refractivity contribution in [3.8, 4) is 5.88 Å². The summed E-state index contributed by atoms with van der Waals surface area (Å²) in [7, 11) is 0. The fraction of sp³-hybridized carbons (Fsp3) is 0.455. The fourth-order valence-corrected chi connectivity index (χ4v) is 3.38. The van der Waals surface area contributed by atoms with Crippen LogP contribution in [0.4, 0.5) is 28.2 Å². The summed E-state index contributed by atoms with van der Waals surface area (Å²) in [6.45, 7) is 5.45. The standard InChI is InChI=1S/C22H25F4N5O3/c1-14(2)7-8-27-21(33)34-19-6-5-18(28-29-19)30-9-11-31(12-10-30)20(32)16-4-3-15(23)13-17(16)22(24,25)26/h3-6,13-14H,7-12H2,1-2H3,(H,27,33). The Morgan fingerprint density at radius 1 is 1.09 bits per heavy atom. The second-order valence-corrected chi connectivity index (χ2v) is 8.20. The van der Waals surface area contributed by atoms with E-state index >= 15 is 0 Å². The number of ether oxygens (including phenoxy) is 1. The van der Waals surface area contributed by atoms with Gasteiger partial charge in [-0.15, -0.1) is 10.2 Å². The second-order valence-electron chi connectivity index (χ2n) is 8.20. The Labute approximate surface area is 193 Å². The number of carbonyl (C=O) groups is 2. The molecule has 0 radical (unpaired) electrons. The van der Waals surface area contributed by atoms with Gasteiger partial charge in [0.2, 0.25) is 5.88 Å². The van der Waals surface area contributed by atoms with Crippen LogP contribution in [0, 0.1) is 11.7 Å². The first-order valence-electron chi connectivity index (χ1n) is 10.7. The van der Waals surface area contributed by atoms with Crippen molar-refractivity contribution in [2.24, 2.45) is 5.92 Å². The lowest BCUT2D eigenvalue weighted by atomic mass is 10.0. The summed E-state index contributed by atoms with van der Waals surface area (Å²) in [4.78, 5) is 27.5. The molecule has 1 aliphatic rings. The van der Waals surface area contributed by atoms with Crippen LogP contribution in [0.3, 0.4) is 0 Å². The van der Waals surface area contributed by atoms with Gasteiger partial charge in [0.1, 0.15) is 5.82 Å². The van der Waals surface area contributed by atoms with Crippen LogP contribution in [0.1, 0.15) is 36.2 Å². The largest absolute Gasteiger partial charge is 0.417 e. The zero-order valence-corrected chi connectivity index (χ0v) is 18.7. The van der Waals surface area contributed by atoms with Crippen LogP contribution in [0.25, 0.3) is 0 Å². The average Bonchev–Trinajstić information content (AvgIpc) is 2.78. The van der Waals surface area contributed by atoms with E-state index in [0.717, 1.165) is 18.6 Å². The Balaban J connectivity index is 1.56. The first-order valence-corrected chi connectivity index (χ1v) is 10.7. The zero-order chi connectivity index (χ0) is 24.9. The van der Waals surface area contributed by atoms with Gasteiger partial charge in [0, 0.05) is 38.8 Å². The van der Waals surface area contributed by atoms with Crippen molar-refractivity contribution in [3.63, 3.8) is 0 Å². The molecule has 2 aromatic rings. The molecular weight excluding hydrogens is 458 g/mol. The molecule has 1 aliphatic heterocycles. The number of piperazine rings is 1. The van der Waals surface area contributed by atoms with E-state index in [1.54, 1.807) is 11.0 Å². The second kappa shape index (κ2) is 10.7. The van der Waals surface area contributed by atoms with Crippen LogP contribution in [-0.2, 0) is 6.18 Å². The molecule has 2 heterocycles. The summed E-state index contributed by atoms with van der Waals surface area (Å²) in [5, 5.41) is 10.5. The monoisotopic (exact) mass is 483 g/mol. The van der Waals surface area contributed by atoms with Crippen LogP contribution in [-0.4, -0.2) is 59.8 Å². The molecule has 1 fully saturated rings. The molecule has 8 nitrogen and oxygen atoms in total. The van der Waals surface area contributed by atoms with E-state index in [-0.39, 0.29) is 19.0 Å². The van der Waals surface area contributed by atoms with Crippen molar-refractivity contribution in [1.82, 2.24) is 20.4 Å². The minimum atomic E-state index is -4.85. The number of amides is 2. The molecular formula is C22H25F4N5O3. The lowest BCUT2D eigenvalue weighted by Gasteiger charge is -2.35. The van der Waals surface area contributed by atoms with Gasteiger partial charge in [-0.25, -0.2) is 9.18 Å². The third kappa shape index (κ3) is 6.55. The summed E-state index contributed by atoms with van der Waals surface area (Å²) < 4.78 is 58.1. The number of halogens is 4. The number of benzene rings is 1. The molecule has 0 aliphatic carbocycles. The van der Waals surface area contributed by atoms with Gasteiger partial charge in [0.05, 0.1) is 11.1 Å². The number of carbonyl (C=O) groups excluding carboxylic acids is 2. The van der Waals surface area contributed by atoms with Crippen molar-refractivity contribution in [2.75, 3.05) is 37.6 Å². The summed E-state index contributed by atoms with van der Waals surface area (Å²) in [5.41, 5.74) is -1.88. The molecule has 3 rings (SSSR count). The Bertz CT molecular complexity index is 1010. The number of rotatable bonds is 6. The molecule has 184 valence electrons. The lowest BCUT2D eigenvalue weighted by Crippen LogP contribution is -2.49. The van der Waals surface area contributed by atoms with Crippen LogP contribution in [0.5, 0.6) is 5.88 Å². The quantitative estimate of drug-likeness (QED) is 0.630. The predicted octanol–water partition coefficient (Wildman–Crippen LogP) is 3.73. The van der Waals surface area contributed by atoms with E-state index in [1.165, 1.54) is 11.0 Å². The number of nitrogens with zero attached hydrogens (tertiary/aromatic N) is 4. The van der Waals surface area contributed by atoms with Crippen molar-refractivity contribution < 1.29 is 31.9 Å². The molecule has 0 unspecified atom stereocenters. The number of nitrogens with one attached hydrogen (secondary N) is 1. The number of hydrogen-bond donors (Lipinski definition) is 1. The third-order valence-electron chi connectivity index (χ3n) is 5.22. The molecule has 1 N–H and O–H groups in total.